The molecule has 3 heterocycles. The van der Waals surface area contributed by atoms with Crippen LogP contribution in [0.4, 0.5) is 5.69 Å². The van der Waals surface area contributed by atoms with E-state index in [1.807, 2.05) is 6.92 Å². The second kappa shape index (κ2) is 6.58. The van der Waals surface area contributed by atoms with Gasteiger partial charge in [0.25, 0.3) is 5.91 Å². The monoisotopic (exact) mass is 379 g/mol. The van der Waals surface area contributed by atoms with Gasteiger partial charge in [0.2, 0.25) is 10.0 Å². The van der Waals surface area contributed by atoms with Gasteiger partial charge in [-0.25, -0.2) is 12.7 Å². The van der Waals surface area contributed by atoms with Gasteiger partial charge in [-0.2, -0.15) is 0 Å². The molecule has 8 heteroatoms. The summed E-state index contributed by atoms with van der Waals surface area (Å²) in [6.45, 7) is 3.01. The number of aromatic nitrogens is 1. The van der Waals surface area contributed by atoms with E-state index in [1.54, 1.807) is 28.8 Å². The molecule has 1 saturated carbocycles. The number of anilines is 1. The molecule has 142 valence electrons. The number of hydrogen-bond acceptors (Lipinski definition) is 5. The highest BCUT2D eigenvalue weighted by molar-refractivity contribution is 7.90. The number of pyridine rings is 1. The van der Waals surface area contributed by atoms with Gasteiger partial charge in [0.1, 0.15) is 6.10 Å². The summed E-state index contributed by atoms with van der Waals surface area (Å²) in [4.78, 5) is 16.5. The summed E-state index contributed by atoms with van der Waals surface area (Å²) in [7, 11) is -3.15. The van der Waals surface area contributed by atoms with Crippen LogP contribution in [0.15, 0.2) is 24.5 Å². The molecule has 3 fully saturated rings. The van der Waals surface area contributed by atoms with Crippen LogP contribution >= 0.6 is 0 Å². The second-order valence-electron chi connectivity index (χ2n) is 7.69. The molecule has 3 atom stereocenters. The number of hydrogen-bond donors (Lipinski definition) is 1. The standard InChI is InChI=1S/C18H25N3O4S/c1-13-12-21(26(23,24)15-4-5-15)10-8-18(13)7-6-16(25-18)17(22)20-14-3-2-9-19-11-14/h2-3,9,11,13,15-16H,4-8,10,12H2,1H3,(H,20,22). The maximum absolute atomic E-state index is 12.5. The van der Waals surface area contributed by atoms with Crippen molar-refractivity contribution in [2.24, 2.45) is 5.92 Å². The van der Waals surface area contributed by atoms with Crippen molar-refractivity contribution in [3.63, 3.8) is 0 Å². The minimum Gasteiger partial charge on any atom is -0.362 e. The fourth-order valence-electron chi connectivity index (χ4n) is 4.10. The lowest BCUT2D eigenvalue weighted by atomic mass is 9.81. The first-order valence-corrected chi connectivity index (χ1v) is 10.8. The number of nitrogens with one attached hydrogen (secondary N) is 1. The summed E-state index contributed by atoms with van der Waals surface area (Å²) in [6, 6.07) is 3.56. The van der Waals surface area contributed by atoms with Crippen molar-refractivity contribution in [3.8, 4) is 0 Å². The normalized spacial score (nSPS) is 32.7. The van der Waals surface area contributed by atoms with Crippen LogP contribution in [0.25, 0.3) is 0 Å². The van der Waals surface area contributed by atoms with Gasteiger partial charge < -0.3 is 10.1 Å². The van der Waals surface area contributed by atoms with Crippen molar-refractivity contribution in [1.82, 2.24) is 9.29 Å². The minimum atomic E-state index is -3.15. The molecule has 1 N–H and O–H groups in total. The van der Waals surface area contributed by atoms with E-state index in [4.69, 9.17) is 4.74 Å². The van der Waals surface area contributed by atoms with Gasteiger partial charge in [0.05, 0.1) is 22.7 Å². The Kier molecular flexibility index (Phi) is 4.53. The smallest absolute Gasteiger partial charge is 0.253 e. The van der Waals surface area contributed by atoms with E-state index in [0.29, 0.717) is 31.6 Å². The topological polar surface area (TPSA) is 88.6 Å². The Morgan fingerprint density at radius 2 is 2.15 bits per heavy atom. The number of piperidine rings is 1. The number of ether oxygens (including phenoxy) is 1. The molecule has 0 radical (unpaired) electrons. The maximum atomic E-state index is 12.5. The Morgan fingerprint density at radius 1 is 1.35 bits per heavy atom. The molecule has 1 spiro atoms. The molecule has 0 bridgehead atoms. The molecule has 1 aliphatic carbocycles. The fraction of sp³-hybridized carbons (Fsp3) is 0.667. The number of carbonyl (C=O) groups is 1. The largest absolute Gasteiger partial charge is 0.362 e. The number of sulfonamides is 1. The summed E-state index contributed by atoms with van der Waals surface area (Å²) in [5.74, 6) is -0.0870. The van der Waals surface area contributed by atoms with Crippen molar-refractivity contribution in [3.05, 3.63) is 24.5 Å². The molecule has 1 aromatic rings. The summed E-state index contributed by atoms with van der Waals surface area (Å²) in [6.07, 6.45) is 6.43. The first kappa shape index (κ1) is 17.9. The van der Waals surface area contributed by atoms with Crippen LogP contribution in [0, 0.1) is 5.92 Å². The lowest BCUT2D eigenvalue weighted by Crippen LogP contribution is -2.53. The van der Waals surface area contributed by atoms with Gasteiger partial charge in [-0.15, -0.1) is 0 Å². The van der Waals surface area contributed by atoms with Gasteiger partial charge >= 0.3 is 0 Å². The van der Waals surface area contributed by atoms with Crippen LogP contribution in [0.3, 0.4) is 0 Å². The van der Waals surface area contributed by atoms with Gasteiger partial charge in [-0.05, 0) is 50.2 Å². The predicted octanol–water partition coefficient (Wildman–Crippen LogP) is 1.77. The van der Waals surface area contributed by atoms with Gasteiger partial charge in [-0.3, -0.25) is 9.78 Å². The van der Waals surface area contributed by atoms with E-state index < -0.39 is 21.7 Å². The minimum absolute atomic E-state index is 0.0703. The van der Waals surface area contributed by atoms with E-state index in [9.17, 15) is 13.2 Å². The summed E-state index contributed by atoms with van der Waals surface area (Å²) in [5.41, 5.74) is 0.257. The third-order valence-electron chi connectivity index (χ3n) is 5.89. The highest BCUT2D eigenvalue weighted by Gasteiger charge is 2.52. The first-order chi connectivity index (χ1) is 12.4. The van der Waals surface area contributed by atoms with Crippen molar-refractivity contribution in [2.45, 2.75) is 56.0 Å². The van der Waals surface area contributed by atoms with E-state index in [-0.39, 0.29) is 17.1 Å². The van der Waals surface area contributed by atoms with Gasteiger partial charge in [0, 0.05) is 19.3 Å². The van der Waals surface area contributed by atoms with Crippen molar-refractivity contribution < 1.29 is 17.9 Å². The molecule has 2 aliphatic heterocycles. The fourth-order valence-corrected chi connectivity index (χ4v) is 6.03. The van der Waals surface area contributed by atoms with E-state index in [1.165, 1.54) is 0 Å². The summed E-state index contributed by atoms with van der Waals surface area (Å²) in [5, 5.41) is 2.67. The van der Waals surface area contributed by atoms with Crippen LogP contribution in [-0.2, 0) is 19.6 Å². The molecule has 26 heavy (non-hydrogen) atoms. The lowest BCUT2D eigenvalue weighted by Gasteiger charge is -2.43. The zero-order valence-electron chi connectivity index (χ0n) is 14.9. The average Bonchev–Trinajstić information content (AvgIpc) is 3.40. The highest BCUT2D eigenvalue weighted by atomic mass is 32.2. The molecule has 3 aliphatic rings. The van der Waals surface area contributed by atoms with Crippen molar-refractivity contribution in [2.75, 3.05) is 18.4 Å². The summed E-state index contributed by atoms with van der Waals surface area (Å²) < 4.78 is 32.8. The molecule has 1 amide bonds. The van der Waals surface area contributed by atoms with Crippen LogP contribution in [0.2, 0.25) is 0 Å². The van der Waals surface area contributed by atoms with Crippen LogP contribution < -0.4 is 5.32 Å². The third-order valence-corrected chi connectivity index (χ3v) is 8.26. The maximum Gasteiger partial charge on any atom is 0.253 e. The number of rotatable bonds is 4. The molecule has 4 rings (SSSR count). The number of amides is 1. The molecule has 7 nitrogen and oxygen atoms in total. The zero-order valence-corrected chi connectivity index (χ0v) is 15.7. The molecule has 2 saturated heterocycles. The highest BCUT2D eigenvalue weighted by Crippen LogP contribution is 2.44. The number of nitrogens with zero attached hydrogens (tertiary/aromatic N) is 2. The van der Waals surface area contributed by atoms with E-state index in [2.05, 4.69) is 10.3 Å². The second-order valence-corrected chi connectivity index (χ2v) is 9.91. The van der Waals surface area contributed by atoms with Crippen molar-refractivity contribution >= 4 is 21.6 Å². The lowest BCUT2D eigenvalue weighted by molar-refractivity contribution is -0.140. The van der Waals surface area contributed by atoms with Gasteiger partial charge in [0.15, 0.2) is 0 Å². The Hall–Kier alpha value is -1.51. The number of carbonyl (C=O) groups excluding carboxylic acids is 1. The summed E-state index contributed by atoms with van der Waals surface area (Å²) >= 11 is 0. The Balaban J connectivity index is 1.39. The predicted molar refractivity (Wildman–Crippen MR) is 97.0 cm³/mol. The average molecular weight is 379 g/mol. The Labute approximate surface area is 154 Å². The van der Waals surface area contributed by atoms with E-state index >= 15 is 0 Å². The van der Waals surface area contributed by atoms with Crippen molar-refractivity contribution in [1.29, 1.82) is 0 Å². The van der Waals surface area contributed by atoms with Crippen LogP contribution in [-0.4, -0.2) is 53.7 Å². The van der Waals surface area contributed by atoms with Crippen LogP contribution in [0.1, 0.15) is 39.0 Å². The first-order valence-electron chi connectivity index (χ1n) is 9.28. The van der Waals surface area contributed by atoms with Gasteiger partial charge in [-0.1, -0.05) is 6.92 Å². The Bertz CT molecular complexity index is 781. The van der Waals surface area contributed by atoms with Crippen LogP contribution in [0.5, 0.6) is 0 Å². The Morgan fingerprint density at radius 3 is 2.81 bits per heavy atom. The SMILES string of the molecule is CC1CN(S(=O)(=O)C2CC2)CCC12CCC(C(=O)Nc1cccnc1)O2. The molecule has 0 aromatic carbocycles. The molecular weight excluding hydrogens is 354 g/mol. The third kappa shape index (κ3) is 3.25. The molecular formula is C18H25N3O4S. The molecule has 1 aromatic heterocycles. The molecule has 3 unspecified atom stereocenters. The van der Waals surface area contributed by atoms with E-state index in [0.717, 1.165) is 19.3 Å². The zero-order chi connectivity index (χ0) is 18.4. The quantitative estimate of drug-likeness (QED) is 0.861.